The predicted octanol–water partition coefficient (Wildman–Crippen LogP) is 5.00. The van der Waals surface area contributed by atoms with Gasteiger partial charge in [0.25, 0.3) is 6.43 Å². The molecule has 5 aliphatic rings. The number of nitrogens with zero attached hydrogens (tertiary/aromatic N) is 6. The number of fused-ring (bicyclic) bond motifs is 6. The van der Waals surface area contributed by atoms with Gasteiger partial charge in [-0.3, -0.25) is 4.90 Å². The molecule has 2 bridgehead atoms. The van der Waals surface area contributed by atoms with Crippen LogP contribution in [0.15, 0.2) is 6.07 Å². The predicted molar refractivity (Wildman–Crippen MR) is 157 cm³/mol. The van der Waals surface area contributed by atoms with E-state index in [0.717, 1.165) is 51.1 Å². The Morgan fingerprint density at radius 1 is 1.11 bits per heavy atom. The SMILES string of the molecule is Nc1cc(Cl)c(C(F)F)c(-c2nc3c4c(nc(OC[C@@]56CCCN5C[C@H](F)C6)nc4c2F)N2C[C@H]4CC[C@H](N4)[C@H]2CCC3)n1. The molecule has 0 aromatic carbocycles. The van der Waals surface area contributed by atoms with Crippen molar-refractivity contribution in [2.24, 2.45) is 0 Å². The summed E-state index contributed by atoms with van der Waals surface area (Å²) in [5.74, 6) is -0.522. The molecule has 8 rings (SSSR count). The number of halogens is 5. The van der Waals surface area contributed by atoms with Gasteiger partial charge in [0.2, 0.25) is 0 Å². The van der Waals surface area contributed by atoms with Crippen LogP contribution in [0.25, 0.3) is 22.3 Å². The van der Waals surface area contributed by atoms with E-state index in [1.807, 2.05) is 0 Å². The smallest absolute Gasteiger partial charge is 0.319 e. The van der Waals surface area contributed by atoms with Crippen molar-refractivity contribution in [3.63, 3.8) is 0 Å². The Bertz CT molecular complexity index is 1650. The Morgan fingerprint density at radius 2 is 1.98 bits per heavy atom. The monoisotopic (exact) mass is 632 g/mol. The summed E-state index contributed by atoms with van der Waals surface area (Å²) in [4.78, 5) is 22.5. The molecule has 14 heteroatoms. The second-order valence-corrected chi connectivity index (χ2v) is 13.3. The third kappa shape index (κ3) is 4.48. The Balaban J connectivity index is 1.31. The van der Waals surface area contributed by atoms with Crippen molar-refractivity contribution in [1.82, 2.24) is 30.2 Å². The first-order valence-corrected chi connectivity index (χ1v) is 15.8. The van der Waals surface area contributed by atoms with E-state index in [9.17, 15) is 13.2 Å². The zero-order valence-electron chi connectivity index (χ0n) is 24.0. The largest absolute Gasteiger partial charge is 0.461 e. The number of nitrogens with two attached hydrogens (primary N) is 1. The lowest BCUT2D eigenvalue weighted by molar-refractivity contribution is 0.107. The highest BCUT2D eigenvalue weighted by Gasteiger charge is 2.49. The van der Waals surface area contributed by atoms with Crippen molar-refractivity contribution in [2.45, 2.75) is 87.6 Å². The third-order valence-electron chi connectivity index (χ3n) is 10.3. The van der Waals surface area contributed by atoms with Crippen LogP contribution in [0, 0.1) is 5.82 Å². The van der Waals surface area contributed by atoms with Gasteiger partial charge in [-0.1, -0.05) is 11.6 Å². The van der Waals surface area contributed by atoms with Crippen LogP contribution >= 0.6 is 11.6 Å². The van der Waals surface area contributed by atoms with E-state index >= 15 is 4.39 Å². The average molecular weight is 633 g/mol. The van der Waals surface area contributed by atoms with Gasteiger partial charge in [-0.2, -0.15) is 9.97 Å². The van der Waals surface area contributed by atoms with E-state index in [-0.39, 0.29) is 52.8 Å². The normalized spacial score (nSPS) is 29.6. The molecule has 0 unspecified atom stereocenters. The highest BCUT2D eigenvalue weighted by molar-refractivity contribution is 6.32. The minimum Gasteiger partial charge on any atom is -0.461 e. The second-order valence-electron chi connectivity index (χ2n) is 12.9. The van der Waals surface area contributed by atoms with Crippen LogP contribution in [0.1, 0.15) is 62.6 Å². The Labute approximate surface area is 256 Å². The van der Waals surface area contributed by atoms with Gasteiger partial charge in [0.05, 0.1) is 27.2 Å². The molecule has 234 valence electrons. The highest BCUT2D eigenvalue weighted by atomic mass is 35.5. The summed E-state index contributed by atoms with van der Waals surface area (Å²) in [6.45, 7) is 2.02. The fourth-order valence-corrected chi connectivity index (χ4v) is 8.64. The summed E-state index contributed by atoms with van der Waals surface area (Å²) in [7, 11) is 0. The number of piperazine rings is 1. The van der Waals surface area contributed by atoms with E-state index in [4.69, 9.17) is 27.1 Å². The molecular weight excluding hydrogens is 600 g/mol. The van der Waals surface area contributed by atoms with Crippen LogP contribution in [0.5, 0.6) is 6.01 Å². The van der Waals surface area contributed by atoms with Crippen molar-refractivity contribution in [3.05, 3.63) is 28.2 Å². The fourth-order valence-electron chi connectivity index (χ4n) is 8.36. The van der Waals surface area contributed by atoms with Crippen LogP contribution < -0.4 is 20.7 Å². The summed E-state index contributed by atoms with van der Waals surface area (Å²) < 4.78 is 65.9. The van der Waals surface area contributed by atoms with E-state index in [2.05, 4.69) is 30.1 Å². The lowest BCUT2D eigenvalue weighted by atomic mass is 9.94. The molecule has 0 saturated carbocycles. The second kappa shape index (κ2) is 10.5. The van der Waals surface area contributed by atoms with Crippen molar-refractivity contribution in [1.29, 1.82) is 0 Å². The molecule has 3 aromatic heterocycles. The average Bonchev–Trinajstić information content (AvgIpc) is 3.64. The first-order chi connectivity index (χ1) is 21.2. The molecule has 5 aliphatic heterocycles. The molecule has 0 amide bonds. The molecule has 5 atom stereocenters. The molecule has 0 spiro atoms. The molecule has 3 N–H and O–H groups in total. The lowest BCUT2D eigenvalue weighted by Crippen LogP contribution is -2.58. The van der Waals surface area contributed by atoms with Gasteiger partial charge in [-0.15, -0.1) is 0 Å². The summed E-state index contributed by atoms with van der Waals surface area (Å²) in [6, 6.07) is 1.77. The van der Waals surface area contributed by atoms with Crippen molar-refractivity contribution >= 4 is 34.1 Å². The Hall–Kier alpha value is -3.03. The number of hydrogen-bond donors (Lipinski definition) is 2. The molecule has 0 aliphatic carbocycles. The van der Waals surface area contributed by atoms with E-state index in [0.29, 0.717) is 42.8 Å². The quantitative estimate of drug-likeness (QED) is 0.376. The van der Waals surface area contributed by atoms with E-state index in [1.54, 1.807) is 0 Å². The minimum atomic E-state index is -3.04. The van der Waals surface area contributed by atoms with Gasteiger partial charge in [-0.05, 0) is 57.6 Å². The molecule has 4 fully saturated rings. The van der Waals surface area contributed by atoms with Crippen LogP contribution in [-0.2, 0) is 6.42 Å². The fraction of sp³-hybridized carbons (Fsp3) is 0.600. The van der Waals surface area contributed by atoms with E-state index < -0.39 is 35.2 Å². The minimum absolute atomic E-state index is 0.0316. The van der Waals surface area contributed by atoms with Gasteiger partial charge in [0.15, 0.2) is 5.82 Å². The number of aryl methyl sites for hydroxylation is 1. The number of nitrogen functional groups attached to an aromatic ring is 1. The van der Waals surface area contributed by atoms with Crippen LogP contribution in [0.2, 0.25) is 5.02 Å². The Morgan fingerprint density at radius 3 is 2.82 bits per heavy atom. The third-order valence-corrected chi connectivity index (χ3v) is 10.6. The van der Waals surface area contributed by atoms with Crippen molar-refractivity contribution < 1.29 is 22.3 Å². The highest BCUT2D eigenvalue weighted by Crippen LogP contribution is 2.44. The lowest BCUT2D eigenvalue weighted by Gasteiger charge is -2.43. The standard InChI is InChI=1S/C30H33ClF4N8O/c31-16-9-20(36)39-25(21(16)27(34)35)26-23(33)24-22-18(38-26)3-1-4-19-17-6-5-15(37-17)12-43(19)28(22)41-29(40-24)44-13-30-7-2-8-42(30)11-14(32)10-30/h9,14-15,17,19,27,37H,1-8,10-13H2,(H2,36,39)/t14-,15-,17+,19-,30+/m1/s1. The van der Waals surface area contributed by atoms with Crippen LogP contribution in [-0.4, -0.2) is 80.9 Å². The zero-order valence-corrected chi connectivity index (χ0v) is 24.8. The van der Waals surface area contributed by atoms with Gasteiger partial charge >= 0.3 is 6.01 Å². The number of nitrogens with one attached hydrogen (secondary N) is 1. The van der Waals surface area contributed by atoms with Gasteiger partial charge < -0.3 is 20.7 Å². The molecule has 4 saturated heterocycles. The van der Waals surface area contributed by atoms with Crippen molar-refractivity contribution in [2.75, 3.05) is 36.9 Å². The molecule has 8 heterocycles. The first kappa shape index (κ1) is 28.4. The Kier molecular flexibility index (Phi) is 6.80. The topological polar surface area (TPSA) is 105 Å². The number of aromatic nitrogens is 4. The summed E-state index contributed by atoms with van der Waals surface area (Å²) in [6.07, 6.45) is 2.28. The number of alkyl halides is 3. The zero-order chi connectivity index (χ0) is 30.3. The maximum atomic E-state index is 16.7. The number of anilines is 2. The summed E-state index contributed by atoms with van der Waals surface area (Å²) in [5.41, 5.74) is 4.40. The first-order valence-electron chi connectivity index (χ1n) is 15.4. The van der Waals surface area contributed by atoms with Gasteiger partial charge in [0, 0.05) is 37.6 Å². The molecule has 0 radical (unpaired) electrons. The van der Waals surface area contributed by atoms with Gasteiger partial charge in [0.1, 0.15) is 41.3 Å². The van der Waals surface area contributed by atoms with Crippen molar-refractivity contribution in [3.8, 4) is 17.4 Å². The van der Waals surface area contributed by atoms with E-state index in [1.165, 1.54) is 0 Å². The van der Waals surface area contributed by atoms with Gasteiger partial charge in [-0.25, -0.2) is 27.5 Å². The molecule has 3 aromatic rings. The van der Waals surface area contributed by atoms with Crippen LogP contribution in [0.3, 0.4) is 0 Å². The molecule has 9 nitrogen and oxygen atoms in total. The molecular formula is C30H33ClF4N8O. The maximum Gasteiger partial charge on any atom is 0.319 e. The molecule has 44 heavy (non-hydrogen) atoms. The number of rotatable bonds is 5. The summed E-state index contributed by atoms with van der Waals surface area (Å²) in [5, 5.41) is 3.85. The number of ether oxygens (including phenoxy) is 1. The summed E-state index contributed by atoms with van der Waals surface area (Å²) >= 11 is 6.16. The number of pyridine rings is 2. The van der Waals surface area contributed by atoms with Crippen LogP contribution in [0.4, 0.5) is 29.2 Å². The number of hydrogen-bond acceptors (Lipinski definition) is 9. The maximum absolute atomic E-state index is 16.7.